The molecule has 0 fully saturated rings. The van der Waals surface area contributed by atoms with E-state index in [-0.39, 0.29) is 25.2 Å². The average molecular weight is 517 g/mol. The highest BCUT2D eigenvalue weighted by molar-refractivity contribution is 5.94. The van der Waals surface area contributed by atoms with Crippen LogP contribution in [0, 0.1) is 5.92 Å². The number of hydrogen-bond donors (Lipinski definition) is 8. The van der Waals surface area contributed by atoms with Gasteiger partial charge in [-0.1, -0.05) is 26.7 Å². The van der Waals surface area contributed by atoms with E-state index in [2.05, 4.69) is 16.0 Å². The first-order chi connectivity index (χ1) is 16.8. The van der Waals surface area contributed by atoms with E-state index in [4.69, 9.17) is 22.3 Å². The second-order valence-corrected chi connectivity index (χ2v) is 8.66. The summed E-state index contributed by atoms with van der Waals surface area (Å²) in [6.07, 6.45) is 0.736. The van der Waals surface area contributed by atoms with Gasteiger partial charge in [-0.25, -0.2) is 4.79 Å². The van der Waals surface area contributed by atoms with E-state index >= 15 is 0 Å². The van der Waals surface area contributed by atoms with Crippen LogP contribution in [-0.4, -0.2) is 76.5 Å². The molecule has 0 aliphatic heterocycles. The van der Waals surface area contributed by atoms with Crippen molar-refractivity contribution in [3.05, 3.63) is 0 Å². The third-order valence-corrected chi connectivity index (χ3v) is 5.67. The number of carbonyl (C=O) groups is 6. The quantitative estimate of drug-likeness (QED) is 0.0889. The molecule has 11 N–H and O–H groups in total. The zero-order valence-corrected chi connectivity index (χ0v) is 20.8. The zero-order valence-electron chi connectivity index (χ0n) is 20.8. The van der Waals surface area contributed by atoms with Crippen molar-refractivity contribution in [2.24, 2.45) is 23.1 Å². The standard InChI is InChI=1S/C22H40N6O8/c1-3-12(2)18(28-19(32)13(24)6-4-5-11-23)21(34)26-14(8-10-17(30)31)20(33)27-15(22(35)36)7-9-16(25)29/h12-15,18H,3-11,23-24H2,1-2H3,(H2,25,29)(H,26,34)(H,27,33)(H,28,32)(H,30,31)(H,35,36). The van der Waals surface area contributed by atoms with Crippen molar-refractivity contribution in [2.75, 3.05) is 6.54 Å². The molecule has 0 aromatic carbocycles. The predicted molar refractivity (Wildman–Crippen MR) is 129 cm³/mol. The molecule has 0 aliphatic carbocycles. The molecule has 0 aromatic heterocycles. The summed E-state index contributed by atoms with van der Waals surface area (Å²) < 4.78 is 0. The first kappa shape index (κ1) is 32.7. The van der Waals surface area contributed by atoms with Crippen molar-refractivity contribution in [2.45, 2.75) is 89.4 Å². The summed E-state index contributed by atoms with van der Waals surface area (Å²) in [6, 6.07) is -4.84. The van der Waals surface area contributed by atoms with Gasteiger partial charge >= 0.3 is 11.9 Å². The fraction of sp³-hybridized carbons (Fsp3) is 0.727. The van der Waals surface area contributed by atoms with Crippen LogP contribution in [0.25, 0.3) is 0 Å². The van der Waals surface area contributed by atoms with Gasteiger partial charge in [0.25, 0.3) is 0 Å². The van der Waals surface area contributed by atoms with Gasteiger partial charge < -0.3 is 43.4 Å². The topological polar surface area (TPSA) is 257 Å². The minimum absolute atomic E-state index is 0.288. The van der Waals surface area contributed by atoms with E-state index < -0.39 is 66.2 Å². The van der Waals surface area contributed by atoms with Gasteiger partial charge in [0.05, 0.1) is 6.04 Å². The number of hydrogen-bond acceptors (Lipinski definition) is 8. The van der Waals surface area contributed by atoms with Crippen LogP contribution < -0.4 is 33.2 Å². The largest absolute Gasteiger partial charge is 0.481 e. The van der Waals surface area contributed by atoms with Crippen LogP contribution in [0.15, 0.2) is 0 Å². The number of carbonyl (C=O) groups excluding carboxylic acids is 4. The lowest BCUT2D eigenvalue weighted by Crippen LogP contribution is -2.58. The van der Waals surface area contributed by atoms with Gasteiger partial charge in [-0.15, -0.1) is 0 Å². The summed E-state index contributed by atoms with van der Waals surface area (Å²) in [5, 5.41) is 25.6. The van der Waals surface area contributed by atoms with Crippen molar-refractivity contribution in [1.82, 2.24) is 16.0 Å². The second kappa shape index (κ2) is 17.2. The molecule has 14 nitrogen and oxygen atoms in total. The minimum atomic E-state index is -1.48. The molecular weight excluding hydrogens is 476 g/mol. The Morgan fingerprint density at radius 2 is 1.39 bits per heavy atom. The van der Waals surface area contributed by atoms with Crippen molar-refractivity contribution in [1.29, 1.82) is 0 Å². The van der Waals surface area contributed by atoms with Crippen LogP contribution in [0.1, 0.15) is 65.2 Å². The van der Waals surface area contributed by atoms with E-state index in [1.54, 1.807) is 13.8 Å². The van der Waals surface area contributed by atoms with Crippen LogP contribution in [-0.2, 0) is 28.8 Å². The van der Waals surface area contributed by atoms with Crippen LogP contribution in [0.2, 0.25) is 0 Å². The van der Waals surface area contributed by atoms with Crippen molar-refractivity contribution >= 4 is 35.6 Å². The number of carboxylic acids is 2. The summed E-state index contributed by atoms with van der Waals surface area (Å²) in [4.78, 5) is 71.9. The Morgan fingerprint density at radius 1 is 0.806 bits per heavy atom. The Balaban J connectivity index is 5.56. The van der Waals surface area contributed by atoms with Crippen LogP contribution >= 0.6 is 0 Å². The zero-order chi connectivity index (χ0) is 27.8. The molecule has 14 heteroatoms. The summed E-state index contributed by atoms with van der Waals surface area (Å²) in [7, 11) is 0. The van der Waals surface area contributed by atoms with Crippen molar-refractivity contribution in [3.63, 3.8) is 0 Å². The van der Waals surface area contributed by atoms with Crippen molar-refractivity contribution in [3.8, 4) is 0 Å². The van der Waals surface area contributed by atoms with Crippen LogP contribution in [0.4, 0.5) is 0 Å². The lowest BCUT2D eigenvalue weighted by Gasteiger charge is -2.28. The molecule has 36 heavy (non-hydrogen) atoms. The molecule has 0 saturated heterocycles. The highest BCUT2D eigenvalue weighted by atomic mass is 16.4. The molecule has 0 aliphatic rings. The molecule has 0 bridgehead atoms. The maximum absolute atomic E-state index is 13.1. The molecule has 0 saturated carbocycles. The molecule has 4 amide bonds. The monoisotopic (exact) mass is 516 g/mol. The van der Waals surface area contributed by atoms with Gasteiger partial charge in [-0.3, -0.25) is 24.0 Å². The van der Waals surface area contributed by atoms with E-state index in [0.717, 1.165) is 0 Å². The van der Waals surface area contributed by atoms with Gasteiger partial charge in [0.15, 0.2) is 0 Å². The maximum Gasteiger partial charge on any atom is 0.326 e. The Morgan fingerprint density at radius 3 is 1.89 bits per heavy atom. The van der Waals surface area contributed by atoms with Gasteiger partial charge in [-0.2, -0.15) is 0 Å². The Hall–Kier alpha value is -3.26. The van der Waals surface area contributed by atoms with Gasteiger partial charge in [0.1, 0.15) is 18.1 Å². The highest BCUT2D eigenvalue weighted by Gasteiger charge is 2.32. The van der Waals surface area contributed by atoms with Gasteiger partial charge in [0, 0.05) is 12.8 Å². The Kier molecular flexibility index (Phi) is 15.7. The van der Waals surface area contributed by atoms with Crippen molar-refractivity contribution < 1.29 is 39.0 Å². The average Bonchev–Trinajstić information content (AvgIpc) is 2.81. The molecule has 5 unspecified atom stereocenters. The van der Waals surface area contributed by atoms with Gasteiger partial charge in [-0.05, 0) is 38.1 Å². The summed E-state index contributed by atoms with van der Waals surface area (Å²) >= 11 is 0. The predicted octanol–water partition coefficient (Wildman–Crippen LogP) is -1.84. The van der Waals surface area contributed by atoms with Crippen LogP contribution in [0.3, 0.4) is 0 Å². The maximum atomic E-state index is 13.1. The number of nitrogens with one attached hydrogen (secondary N) is 3. The SMILES string of the molecule is CCC(C)C(NC(=O)C(N)CCCCN)C(=O)NC(CCC(=O)O)C(=O)NC(CCC(N)=O)C(=O)O. The number of unbranched alkanes of at least 4 members (excludes halogenated alkanes) is 1. The minimum Gasteiger partial charge on any atom is -0.481 e. The normalized spacial score (nSPS) is 15.0. The highest BCUT2D eigenvalue weighted by Crippen LogP contribution is 2.11. The van der Waals surface area contributed by atoms with E-state index in [0.29, 0.717) is 32.2 Å². The number of amides is 4. The second-order valence-electron chi connectivity index (χ2n) is 8.66. The Bertz CT molecular complexity index is 778. The first-order valence-corrected chi connectivity index (χ1v) is 11.9. The molecule has 5 atom stereocenters. The molecule has 0 aromatic rings. The lowest BCUT2D eigenvalue weighted by atomic mass is 9.96. The molecule has 0 spiro atoms. The number of primary amides is 1. The van der Waals surface area contributed by atoms with Crippen LogP contribution in [0.5, 0.6) is 0 Å². The number of rotatable bonds is 19. The molecule has 206 valence electrons. The summed E-state index contributed by atoms with van der Waals surface area (Å²) in [5.74, 6) is -6.05. The van der Waals surface area contributed by atoms with E-state index in [9.17, 15) is 33.9 Å². The summed E-state index contributed by atoms with van der Waals surface area (Å²) in [5.41, 5.74) is 16.4. The van der Waals surface area contributed by atoms with E-state index in [1.807, 2.05) is 0 Å². The smallest absolute Gasteiger partial charge is 0.326 e. The molecule has 0 rings (SSSR count). The van der Waals surface area contributed by atoms with Gasteiger partial charge in [0.2, 0.25) is 23.6 Å². The first-order valence-electron chi connectivity index (χ1n) is 11.9. The Labute approximate surface area is 210 Å². The number of carboxylic acid groups (broad SMARTS) is 2. The third kappa shape index (κ3) is 13.0. The fourth-order valence-corrected chi connectivity index (χ4v) is 3.22. The molecular formula is C22H40N6O8. The van der Waals surface area contributed by atoms with E-state index in [1.165, 1.54) is 0 Å². The third-order valence-electron chi connectivity index (χ3n) is 5.67. The summed E-state index contributed by atoms with van der Waals surface area (Å²) in [6.45, 7) is 3.96. The lowest BCUT2D eigenvalue weighted by molar-refractivity contribution is -0.143. The molecule has 0 radical (unpaired) electrons. The molecule has 0 heterocycles. The number of nitrogens with two attached hydrogens (primary N) is 3. The fourth-order valence-electron chi connectivity index (χ4n) is 3.22. The number of aliphatic carboxylic acids is 2.